The van der Waals surface area contributed by atoms with Crippen molar-refractivity contribution in [3.8, 4) is 0 Å². The van der Waals surface area contributed by atoms with Crippen molar-refractivity contribution < 1.29 is 17.9 Å². The Morgan fingerprint density at radius 3 is 2.40 bits per heavy atom. The summed E-state index contributed by atoms with van der Waals surface area (Å²) in [4.78, 5) is 11.7. The summed E-state index contributed by atoms with van der Waals surface area (Å²) in [6.45, 7) is 9.22. The fourth-order valence-corrected chi connectivity index (χ4v) is 4.55. The van der Waals surface area contributed by atoms with Crippen LogP contribution >= 0.6 is 0 Å². The minimum atomic E-state index is -3.57. The third-order valence-electron chi connectivity index (χ3n) is 3.59. The van der Waals surface area contributed by atoms with Crippen LogP contribution in [0.2, 0.25) is 0 Å². The zero-order chi connectivity index (χ0) is 15.8. The van der Waals surface area contributed by atoms with Gasteiger partial charge in [-0.25, -0.2) is 8.42 Å². The molecule has 2 unspecified atom stereocenters. The molecule has 0 aromatic heterocycles. The maximum Gasteiger partial charge on any atom is 0.321 e. The highest BCUT2D eigenvalue weighted by molar-refractivity contribution is 7.92. The lowest BCUT2D eigenvalue weighted by Gasteiger charge is -2.38. The first-order valence-electron chi connectivity index (χ1n) is 7.01. The third-order valence-corrected chi connectivity index (χ3v) is 5.66. The molecule has 5 nitrogen and oxygen atoms in total. The fraction of sp³-hybridized carbons (Fsp3) is 0.929. The average molecular weight is 305 g/mol. The number of ether oxygens (including phenoxy) is 1. The maximum absolute atomic E-state index is 12.4. The molecule has 1 rings (SSSR count). The summed E-state index contributed by atoms with van der Waals surface area (Å²) < 4.78 is 29.9. The molecule has 0 bridgehead atoms. The molecule has 20 heavy (non-hydrogen) atoms. The quantitative estimate of drug-likeness (QED) is 0.801. The summed E-state index contributed by atoms with van der Waals surface area (Å²) in [5.74, 6) is -1.29. The molecule has 0 heterocycles. The molecule has 0 aliphatic heterocycles. The Labute approximate surface area is 122 Å². The number of sulfone groups is 1. The molecular formula is C14H27NO4S. The second-order valence-electron chi connectivity index (χ2n) is 7.50. The smallest absolute Gasteiger partial charge is 0.321 e. The first kappa shape index (κ1) is 17.4. The van der Waals surface area contributed by atoms with Gasteiger partial charge in [-0.1, -0.05) is 13.8 Å². The predicted octanol–water partition coefficient (Wildman–Crippen LogP) is 1.65. The van der Waals surface area contributed by atoms with Crippen LogP contribution in [0.5, 0.6) is 0 Å². The molecule has 1 fully saturated rings. The van der Waals surface area contributed by atoms with Gasteiger partial charge in [0.1, 0.15) is 11.4 Å². The van der Waals surface area contributed by atoms with E-state index in [-0.39, 0.29) is 5.41 Å². The molecule has 0 spiro atoms. The van der Waals surface area contributed by atoms with Crippen molar-refractivity contribution in [2.24, 2.45) is 11.1 Å². The predicted molar refractivity (Wildman–Crippen MR) is 79.0 cm³/mol. The zero-order valence-electron chi connectivity index (χ0n) is 13.1. The average Bonchev–Trinajstić information content (AvgIpc) is 2.17. The van der Waals surface area contributed by atoms with Gasteiger partial charge >= 0.3 is 5.97 Å². The van der Waals surface area contributed by atoms with E-state index in [1.807, 2.05) is 13.8 Å². The van der Waals surface area contributed by atoms with E-state index in [9.17, 15) is 13.2 Å². The van der Waals surface area contributed by atoms with Crippen molar-refractivity contribution in [3.05, 3.63) is 0 Å². The molecule has 0 radical (unpaired) electrons. The number of rotatable bonds is 3. The largest absolute Gasteiger partial charge is 0.459 e. The monoisotopic (exact) mass is 305 g/mol. The Balaban J connectivity index is 2.80. The van der Waals surface area contributed by atoms with Gasteiger partial charge in [-0.15, -0.1) is 0 Å². The summed E-state index contributed by atoms with van der Waals surface area (Å²) in [7, 11) is -3.57. The van der Waals surface area contributed by atoms with E-state index in [0.717, 1.165) is 6.42 Å². The van der Waals surface area contributed by atoms with E-state index >= 15 is 0 Å². The SMILES string of the molecule is CC1(C)CCC(N)C(S(=O)(=O)CC(=O)OC(C)(C)C)C1. The lowest BCUT2D eigenvalue weighted by atomic mass is 9.75. The lowest BCUT2D eigenvalue weighted by Crippen LogP contribution is -2.49. The number of nitrogens with two attached hydrogens (primary N) is 1. The zero-order valence-corrected chi connectivity index (χ0v) is 13.9. The lowest BCUT2D eigenvalue weighted by molar-refractivity contribution is -0.151. The van der Waals surface area contributed by atoms with Gasteiger partial charge in [0, 0.05) is 6.04 Å². The highest BCUT2D eigenvalue weighted by atomic mass is 32.2. The van der Waals surface area contributed by atoms with Gasteiger partial charge in [0.2, 0.25) is 0 Å². The van der Waals surface area contributed by atoms with Crippen LogP contribution in [0, 0.1) is 5.41 Å². The Morgan fingerprint density at radius 1 is 1.35 bits per heavy atom. The van der Waals surface area contributed by atoms with Crippen molar-refractivity contribution in [1.82, 2.24) is 0 Å². The van der Waals surface area contributed by atoms with Crippen LogP contribution in [0.1, 0.15) is 53.9 Å². The highest BCUT2D eigenvalue weighted by Crippen LogP contribution is 2.37. The van der Waals surface area contributed by atoms with E-state index in [1.54, 1.807) is 20.8 Å². The molecule has 1 aliphatic carbocycles. The molecule has 0 aromatic rings. The number of carbonyl (C=O) groups is 1. The Hall–Kier alpha value is -0.620. The Kier molecular flexibility index (Phi) is 4.91. The molecule has 0 aromatic carbocycles. The molecule has 0 amide bonds. The Morgan fingerprint density at radius 2 is 1.90 bits per heavy atom. The molecule has 6 heteroatoms. The minimum absolute atomic E-state index is 0.0540. The van der Waals surface area contributed by atoms with Gasteiger partial charge in [0.15, 0.2) is 9.84 Å². The summed E-state index contributed by atoms with van der Waals surface area (Å²) >= 11 is 0. The van der Waals surface area contributed by atoms with E-state index in [2.05, 4.69) is 0 Å². The van der Waals surface area contributed by atoms with Crippen LogP contribution in [0.4, 0.5) is 0 Å². The molecular weight excluding hydrogens is 278 g/mol. The van der Waals surface area contributed by atoms with Crippen LogP contribution in [-0.4, -0.2) is 37.0 Å². The van der Waals surface area contributed by atoms with Crippen LogP contribution in [0.15, 0.2) is 0 Å². The van der Waals surface area contributed by atoms with Gasteiger partial charge in [-0.3, -0.25) is 4.79 Å². The normalized spacial score (nSPS) is 27.1. The van der Waals surface area contributed by atoms with Crippen molar-refractivity contribution in [2.45, 2.75) is 70.8 Å². The van der Waals surface area contributed by atoms with Gasteiger partial charge < -0.3 is 10.5 Å². The molecule has 0 saturated heterocycles. The summed E-state index contributed by atoms with van der Waals surface area (Å²) in [5.41, 5.74) is 5.22. The number of hydrogen-bond donors (Lipinski definition) is 1. The van der Waals surface area contributed by atoms with Crippen LogP contribution < -0.4 is 5.73 Å². The maximum atomic E-state index is 12.4. The summed E-state index contributed by atoms with van der Waals surface area (Å²) in [6, 6.07) is -0.393. The van der Waals surface area contributed by atoms with E-state index in [4.69, 9.17) is 10.5 Å². The fourth-order valence-electron chi connectivity index (χ4n) is 2.58. The number of hydrogen-bond acceptors (Lipinski definition) is 5. The van der Waals surface area contributed by atoms with Crippen molar-refractivity contribution in [3.63, 3.8) is 0 Å². The minimum Gasteiger partial charge on any atom is -0.459 e. The van der Waals surface area contributed by atoms with Crippen LogP contribution in [-0.2, 0) is 19.4 Å². The first-order valence-corrected chi connectivity index (χ1v) is 8.73. The Bertz CT molecular complexity index is 462. The topological polar surface area (TPSA) is 86.5 Å². The molecule has 1 aliphatic rings. The van der Waals surface area contributed by atoms with Crippen molar-refractivity contribution >= 4 is 15.8 Å². The van der Waals surface area contributed by atoms with E-state index in [1.165, 1.54) is 0 Å². The van der Waals surface area contributed by atoms with E-state index < -0.39 is 38.5 Å². The van der Waals surface area contributed by atoms with Crippen molar-refractivity contribution in [2.75, 3.05) is 5.75 Å². The molecule has 1 saturated carbocycles. The standard InChI is InChI=1S/C14H27NO4S/c1-13(2,3)19-12(16)9-20(17,18)11-8-14(4,5)7-6-10(11)15/h10-11H,6-9,15H2,1-5H3. The van der Waals surface area contributed by atoms with Crippen LogP contribution in [0.3, 0.4) is 0 Å². The first-order chi connectivity index (χ1) is 8.82. The second kappa shape index (κ2) is 5.64. The van der Waals surface area contributed by atoms with Gasteiger partial charge in [0.25, 0.3) is 0 Å². The molecule has 2 atom stereocenters. The number of esters is 1. The molecule has 118 valence electrons. The summed E-state index contributed by atoms with van der Waals surface area (Å²) in [5, 5.41) is -0.654. The second-order valence-corrected chi connectivity index (χ2v) is 9.72. The third kappa shape index (κ3) is 5.05. The van der Waals surface area contributed by atoms with Crippen LogP contribution in [0.25, 0.3) is 0 Å². The molecule has 2 N–H and O–H groups in total. The van der Waals surface area contributed by atoms with Crippen molar-refractivity contribution in [1.29, 1.82) is 0 Å². The van der Waals surface area contributed by atoms with Gasteiger partial charge in [-0.2, -0.15) is 0 Å². The van der Waals surface area contributed by atoms with Gasteiger partial charge in [-0.05, 0) is 45.4 Å². The van der Waals surface area contributed by atoms with Gasteiger partial charge in [0.05, 0.1) is 5.25 Å². The highest BCUT2D eigenvalue weighted by Gasteiger charge is 2.41. The van der Waals surface area contributed by atoms with E-state index in [0.29, 0.717) is 12.8 Å². The number of carbonyl (C=O) groups excluding carboxylic acids is 1. The summed E-state index contributed by atoms with van der Waals surface area (Å²) in [6.07, 6.45) is 2.08.